The molecular weight excluding hydrogens is 257 g/mol. The SMILES string of the molecule is OCC(CO)N1CCC[C@H](CCc2ccccc2F)C1. The Kier molecular flexibility index (Phi) is 5.95. The minimum Gasteiger partial charge on any atom is -0.395 e. The van der Waals surface area contributed by atoms with E-state index in [1.807, 2.05) is 12.1 Å². The number of rotatable bonds is 6. The first kappa shape index (κ1) is 15.4. The predicted octanol–water partition coefficient (Wildman–Crippen LogP) is 1.82. The summed E-state index contributed by atoms with van der Waals surface area (Å²) in [6.07, 6.45) is 3.95. The molecule has 0 bridgehead atoms. The smallest absolute Gasteiger partial charge is 0.126 e. The minimum absolute atomic E-state index is 0.00344. The largest absolute Gasteiger partial charge is 0.395 e. The summed E-state index contributed by atoms with van der Waals surface area (Å²) in [5.41, 5.74) is 0.783. The molecule has 1 saturated heterocycles. The standard InChI is InChI=1S/C16H24FNO2/c17-16-6-2-1-5-14(16)8-7-13-4-3-9-18(10-13)15(11-19)12-20/h1-2,5-6,13,15,19-20H,3-4,7-12H2/t13-/m1/s1. The summed E-state index contributed by atoms with van der Waals surface area (Å²) in [6.45, 7) is 1.81. The Morgan fingerprint density at radius 2 is 2.00 bits per heavy atom. The third kappa shape index (κ3) is 4.01. The molecule has 2 N–H and O–H groups in total. The quantitative estimate of drug-likeness (QED) is 0.836. The highest BCUT2D eigenvalue weighted by Gasteiger charge is 2.25. The number of hydrogen-bond acceptors (Lipinski definition) is 3. The van der Waals surface area contributed by atoms with E-state index in [1.165, 1.54) is 6.07 Å². The van der Waals surface area contributed by atoms with Crippen molar-refractivity contribution in [1.82, 2.24) is 4.90 Å². The second kappa shape index (κ2) is 7.72. The van der Waals surface area contributed by atoms with Crippen LogP contribution in [-0.4, -0.2) is 47.5 Å². The number of halogens is 1. The Labute approximate surface area is 120 Å². The molecule has 1 heterocycles. The van der Waals surface area contributed by atoms with E-state index in [-0.39, 0.29) is 25.1 Å². The molecule has 1 aromatic carbocycles. The summed E-state index contributed by atoms with van der Waals surface area (Å²) in [6, 6.07) is 6.80. The average molecular weight is 281 g/mol. The van der Waals surface area contributed by atoms with Crippen molar-refractivity contribution in [3.8, 4) is 0 Å². The zero-order chi connectivity index (χ0) is 14.4. The Morgan fingerprint density at radius 3 is 2.70 bits per heavy atom. The predicted molar refractivity (Wildman–Crippen MR) is 77.0 cm³/mol. The van der Waals surface area contributed by atoms with Crippen molar-refractivity contribution in [3.05, 3.63) is 35.6 Å². The van der Waals surface area contributed by atoms with E-state index in [0.717, 1.165) is 44.3 Å². The Morgan fingerprint density at radius 1 is 1.25 bits per heavy atom. The average Bonchev–Trinajstić information content (AvgIpc) is 2.48. The van der Waals surface area contributed by atoms with Crippen LogP contribution in [0.1, 0.15) is 24.8 Å². The molecule has 4 heteroatoms. The maximum atomic E-state index is 13.6. The normalized spacial score (nSPS) is 20.5. The number of aryl methyl sites for hydroxylation is 1. The van der Waals surface area contributed by atoms with E-state index in [1.54, 1.807) is 6.07 Å². The summed E-state index contributed by atoms with van der Waals surface area (Å²) in [5, 5.41) is 18.5. The molecule has 0 unspecified atom stereocenters. The van der Waals surface area contributed by atoms with Crippen LogP contribution in [0.3, 0.4) is 0 Å². The highest BCUT2D eigenvalue weighted by Crippen LogP contribution is 2.23. The van der Waals surface area contributed by atoms with Gasteiger partial charge in [-0.3, -0.25) is 4.90 Å². The molecule has 0 spiro atoms. The van der Waals surface area contributed by atoms with Gasteiger partial charge in [0.25, 0.3) is 0 Å². The van der Waals surface area contributed by atoms with Crippen molar-refractivity contribution in [2.75, 3.05) is 26.3 Å². The van der Waals surface area contributed by atoms with Gasteiger partial charge in [0.15, 0.2) is 0 Å². The zero-order valence-corrected chi connectivity index (χ0v) is 11.8. The van der Waals surface area contributed by atoms with Crippen LogP contribution in [0.5, 0.6) is 0 Å². The Hall–Kier alpha value is -0.970. The van der Waals surface area contributed by atoms with Crippen LogP contribution in [0.15, 0.2) is 24.3 Å². The van der Waals surface area contributed by atoms with Crippen LogP contribution >= 0.6 is 0 Å². The lowest BCUT2D eigenvalue weighted by Gasteiger charge is -2.37. The number of piperidine rings is 1. The third-order valence-corrected chi connectivity index (χ3v) is 4.27. The van der Waals surface area contributed by atoms with Crippen LogP contribution in [-0.2, 0) is 6.42 Å². The molecular formula is C16H24FNO2. The topological polar surface area (TPSA) is 43.7 Å². The van der Waals surface area contributed by atoms with Crippen molar-refractivity contribution in [2.24, 2.45) is 5.92 Å². The van der Waals surface area contributed by atoms with E-state index in [9.17, 15) is 14.6 Å². The summed E-state index contributed by atoms with van der Waals surface area (Å²) < 4.78 is 13.6. The van der Waals surface area contributed by atoms with Gasteiger partial charge >= 0.3 is 0 Å². The van der Waals surface area contributed by atoms with Gasteiger partial charge in [-0.2, -0.15) is 0 Å². The number of hydrogen-bond donors (Lipinski definition) is 2. The maximum absolute atomic E-state index is 13.6. The second-order valence-electron chi connectivity index (χ2n) is 5.65. The maximum Gasteiger partial charge on any atom is 0.126 e. The summed E-state index contributed by atoms with van der Waals surface area (Å²) in [4.78, 5) is 2.16. The van der Waals surface area contributed by atoms with Gasteiger partial charge in [0.05, 0.1) is 19.3 Å². The van der Waals surface area contributed by atoms with Gasteiger partial charge in [-0.1, -0.05) is 18.2 Å². The van der Waals surface area contributed by atoms with Crippen molar-refractivity contribution >= 4 is 0 Å². The minimum atomic E-state index is -0.147. The van der Waals surface area contributed by atoms with Crippen LogP contribution in [0.25, 0.3) is 0 Å². The number of benzene rings is 1. The Bertz CT molecular complexity index is 409. The van der Waals surface area contributed by atoms with E-state index in [4.69, 9.17) is 0 Å². The third-order valence-electron chi connectivity index (χ3n) is 4.27. The number of aliphatic hydroxyl groups excluding tert-OH is 2. The van der Waals surface area contributed by atoms with E-state index in [2.05, 4.69) is 4.90 Å². The van der Waals surface area contributed by atoms with Gasteiger partial charge < -0.3 is 10.2 Å². The van der Waals surface area contributed by atoms with Gasteiger partial charge in [0, 0.05) is 6.54 Å². The van der Waals surface area contributed by atoms with Crippen molar-refractivity contribution in [3.63, 3.8) is 0 Å². The van der Waals surface area contributed by atoms with Gasteiger partial charge in [-0.05, 0) is 49.8 Å². The molecule has 0 aromatic heterocycles. The lowest BCUT2D eigenvalue weighted by molar-refractivity contribution is 0.0427. The van der Waals surface area contributed by atoms with E-state index in [0.29, 0.717) is 5.92 Å². The van der Waals surface area contributed by atoms with Gasteiger partial charge in [-0.15, -0.1) is 0 Å². The number of nitrogens with zero attached hydrogens (tertiary/aromatic N) is 1. The van der Waals surface area contributed by atoms with Gasteiger partial charge in [0.1, 0.15) is 5.82 Å². The van der Waals surface area contributed by atoms with Crippen molar-refractivity contribution in [2.45, 2.75) is 31.7 Å². The monoisotopic (exact) mass is 281 g/mol. The molecule has 20 heavy (non-hydrogen) atoms. The number of likely N-dealkylation sites (tertiary alicyclic amines) is 1. The molecule has 1 aromatic rings. The van der Waals surface area contributed by atoms with Crippen LogP contribution in [0.4, 0.5) is 4.39 Å². The molecule has 1 fully saturated rings. The first-order valence-corrected chi connectivity index (χ1v) is 7.43. The van der Waals surface area contributed by atoms with Gasteiger partial charge in [0.2, 0.25) is 0 Å². The molecule has 2 rings (SSSR count). The van der Waals surface area contributed by atoms with E-state index < -0.39 is 0 Å². The zero-order valence-electron chi connectivity index (χ0n) is 11.8. The van der Waals surface area contributed by atoms with Crippen molar-refractivity contribution < 1.29 is 14.6 Å². The fourth-order valence-electron chi connectivity index (χ4n) is 3.01. The lowest BCUT2D eigenvalue weighted by Crippen LogP contribution is -2.46. The number of aliphatic hydroxyl groups is 2. The summed E-state index contributed by atoms with van der Waals surface area (Å²) >= 11 is 0. The fraction of sp³-hybridized carbons (Fsp3) is 0.625. The second-order valence-corrected chi connectivity index (χ2v) is 5.65. The molecule has 0 radical (unpaired) electrons. The fourth-order valence-corrected chi connectivity index (χ4v) is 3.01. The molecule has 112 valence electrons. The molecule has 0 amide bonds. The highest BCUT2D eigenvalue weighted by molar-refractivity contribution is 5.17. The molecule has 0 aliphatic carbocycles. The van der Waals surface area contributed by atoms with Crippen LogP contribution in [0, 0.1) is 11.7 Å². The molecule has 1 aliphatic heterocycles. The summed E-state index contributed by atoms with van der Waals surface area (Å²) in [7, 11) is 0. The molecule has 0 saturated carbocycles. The van der Waals surface area contributed by atoms with Gasteiger partial charge in [-0.25, -0.2) is 4.39 Å². The first-order chi connectivity index (χ1) is 9.74. The Balaban J connectivity index is 1.85. The van der Waals surface area contributed by atoms with Crippen molar-refractivity contribution in [1.29, 1.82) is 0 Å². The highest BCUT2D eigenvalue weighted by atomic mass is 19.1. The molecule has 1 atom stereocenters. The van der Waals surface area contributed by atoms with Crippen LogP contribution in [0.2, 0.25) is 0 Å². The molecule has 3 nitrogen and oxygen atoms in total. The van der Waals surface area contributed by atoms with E-state index >= 15 is 0 Å². The van der Waals surface area contributed by atoms with Crippen LogP contribution < -0.4 is 0 Å². The first-order valence-electron chi connectivity index (χ1n) is 7.43. The molecule has 1 aliphatic rings. The lowest BCUT2D eigenvalue weighted by atomic mass is 9.91. The summed E-state index contributed by atoms with van der Waals surface area (Å²) in [5.74, 6) is 0.396.